The quantitative estimate of drug-likeness (QED) is 0.507. The number of imidazole rings is 1. The van der Waals surface area contributed by atoms with E-state index in [1.165, 1.54) is 16.3 Å². The largest absolute Gasteiger partial charge is 0.360 e. The first-order valence-electron chi connectivity index (χ1n) is 11.3. The van der Waals surface area contributed by atoms with Gasteiger partial charge in [0.15, 0.2) is 5.65 Å². The molecule has 1 aromatic carbocycles. The Morgan fingerprint density at radius 3 is 2.64 bits per heavy atom. The van der Waals surface area contributed by atoms with Crippen LogP contribution in [0.25, 0.3) is 23.1 Å². The fraction of sp³-hybridized carbons (Fsp3) is 0.280. The fourth-order valence-corrected chi connectivity index (χ4v) is 5.12. The standard InChI is InChI=1S/C25H24N8/c1-4-21-28-22-14(2)12-15(3)27-25(22)33(21)20-11-7-10-17-19(20)13-26-23(17)16-8-5-6-9-18(16)24-29-31-32-30-24/h5-6,8-10,12-13,20,26H,4,7,11H2,1-3H3. The Kier molecular flexibility index (Phi) is 4.53. The Bertz CT molecular complexity index is 1670. The van der Waals surface area contributed by atoms with Crippen LogP contribution in [0.1, 0.15) is 48.5 Å². The van der Waals surface area contributed by atoms with Crippen LogP contribution >= 0.6 is 0 Å². The van der Waals surface area contributed by atoms with Crippen LogP contribution in [-0.4, -0.2) is 19.5 Å². The molecule has 1 atom stereocenters. The molecule has 0 amide bonds. The first kappa shape index (κ1) is 19.7. The van der Waals surface area contributed by atoms with Crippen molar-refractivity contribution >= 4 is 23.1 Å². The van der Waals surface area contributed by atoms with Crippen LogP contribution in [0.5, 0.6) is 0 Å². The zero-order valence-electron chi connectivity index (χ0n) is 18.9. The molecular weight excluding hydrogens is 412 g/mol. The molecule has 1 N–H and O–H groups in total. The summed E-state index contributed by atoms with van der Waals surface area (Å²) in [5, 5.41) is 19.7. The van der Waals surface area contributed by atoms with E-state index in [9.17, 15) is 0 Å². The number of hydrogen-bond donors (Lipinski definition) is 1. The van der Waals surface area contributed by atoms with Gasteiger partial charge in [0.2, 0.25) is 5.82 Å². The van der Waals surface area contributed by atoms with Gasteiger partial charge in [0.25, 0.3) is 0 Å². The molecule has 0 saturated heterocycles. The van der Waals surface area contributed by atoms with Crippen molar-refractivity contribution in [2.75, 3.05) is 0 Å². The van der Waals surface area contributed by atoms with Crippen molar-refractivity contribution in [3.63, 3.8) is 0 Å². The van der Waals surface area contributed by atoms with Gasteiger partial charge in [-0.05, 0) is 54.3 Å². The minimum atomic E-state index is 0.175. The molecule has 164 valence electrons. The van der Waals surface area contributed by atoms with Crippen LogP contribution < -0.4 is 10.4 Å². The summed E-state index contributed by atoms with van der Waals surface area (Å²) in [6.07, 6.45) is 7.32. The van der Waals surface area contributed by atoms with Gasteiger partial charge in [0.05, 0.1) is 11.4 Å². The molecule has 8 nitrogen and oxygen atoms in total. The molecule has 6 rings (SSSR count). The van der Waals surface area contributed by atoms with Gasteiger partial charge in [-0.3, -0.25) is 0 Å². The predicted octanol–water partition coefficient (Wildman–Crippen LogP) is 4.29. The molecule has 0 saturated carbocycles. The zero-order chi connectivity index (χ0) is 22.5. The summed E-state index contributed by atoms with van der Waals surface area (Å²) in [7, 11) is 0. The molecule has 33 heavy (non-hydrogen) atoms. The molecule has 1 aliphatic carbocycles. The van der Waals surface area contributed by atoms with E-state index < -0.39 is 0 Å². The average molecular weight is 437 g/mol. The van der Waals surface area contributed by atoms with E-state index in [0.29, 0.717) is 5.82 Å². The highest BCUT2D eigenvalue weighted by molar-refractivity contribution is 5.76. The molecule has 3 aromatic heterocycles. The smallest absolute Gasteiger partial charge is 0.207 e. The highest BCUT2D eigenvalue weighted by Gasteiger charge is 2.25. The van der Waals surface area contributed by atoms with E-state index in [4.69, 9.17) is 9.97 Å². The Morgan fingerprint density at radius 1 is 1.06 bits per heavy atom. The van der Waals surface area contributed by atoms with Crippen molar-refractivity contribution in [2.45, 2.75) is 46.1 Å². The highest BCUT2D eigenvalue weighted by atomic mass is 15.5. The number of aromatic nitrogens is 4. The zero-order valence-corrected chi connectivity index (χ0v) is 18.9. The normalized spacial score (nSPS) is 18.2. The highest BCUT2D eigenvalue weighted by Crippen LogP contribution is 2.31. The summed E-state index contributed by atoms with van der Waals surface area (Å²) in [5.74, 6) is 1.61. The van der Waals surface area contributed by atoms with Crippen LogP contribution in [0.3, 0.4) is 0 Å². The Morgan fingerprint density at radius 2 is 1.85 bits per heavy atom. The summed E-state index contributed by atoms with van der Waals surface area (Å²) >= 11 is 0. The molecule has 1 unspecified atom stereocenters. The molecule has 0 radical (unpaired) electrons. The minimum Gasteiger partial charge on any atom is -0.360 e. The molecule has 8 heteroatoms. The van der Waals surface area contributed by atoms with Crippen molar-refractivity contribution in [3.05, 3.63) is 80.2 Å². The van der Waals surface area contributed by atoms with Gasteiger partial charge in [-0.25, -0.2) is 9.97 Å². The maximum Gasteiger partial charge on any atom is 0.207 e. The second kappa shape index (κ2) is 7.58. The van der Waals surface area contributed by atoms with E-state index >= 15 is 0 Å². The van der Waals surface area contributed by atoms with E-state index in [2.05, 4.69) is 75.4 Å². The number of nitrogens with one attached hydrogen (secondary N) is 1. The summed E-state index contributed by atoms with van der Waals surface area (Å²) in [4.78, 5) is 13.5. The molecule has 4 heterocycles. The van der Waals surface area contributed by atoms with E-state index in [-0.39, 0.29) is 6.04 Å². The molecule has 2 aliphatic rings. The van der Waals surface area contributed by atoms with Gasteiger partial charge < -0.3 is 9.55 Å². The lowest BCUT2D eigenvalue weighted by Crippen LogP contribution is -2.23. The van der Waals surface area contributed by atoms with Crippen LogP contribution in [0.15, 0.2) is 57.2 Å². The number of aromatic amines is 1. The number of hydrogen-bond acceptors (Lipinski definition) is 6. The van der Waals surface area contributed by atoms with Gasteiger partial charge in [-0.1, -0.05) is 37.3 Å². The van der Waals surface area contributed by atoms with Crippen LogP contribution in [-0.2, 0) is 6.42 Å². The lowest BCUT2D eigenvalue weighted by molar-refractivity contribution is 0.530. The minimum absolute atomic E-state index is 0.175. The molecule has 0 fully saturated rings. The number of benzene rings is 1. The topological polar surface area (TPSA) is 95.9 Å². The Balaban J connectivity index is 1.66. The van der Waals surface area contributed by atoms with E-state index in [0.717, 1.165) is 57.7 Å². The molecule has 1 aliphatic heterocycles. The number of fused-ring (bicyclic) bond motifs is 2. The number of H-pyrrole nitrogens is 1. The number of nitrogens with zero attached hydrogens (tertiary/aromatic N) is 7. The number of aryl methyl sites for hydroxylation is 3. The third kappa shape index (κ3) is 3.05. The summed E-state index contributed by atoms with van der Waals surface area (Å²) < 4.78 is 2.36. The fourth-order valence-electron chi connectivity index (χ4n) is 5.12. The molecule has 0 bridgehead atoms. The third-order valence-corrected chi connectivity index (χ3v) is 6.52. The maximum atomic E-state index is 4.98. The third-order valence-electron chi connectivity index (χ3n) is 6.52. The second-order valence-electron chi connectivity index (χ2n) is 8.58. The summed E-state index contributed by atoms with van der Waals surface area (Å²) in [6, 6.07) is 10.4. The molecule has 4 aromatic rings. The summed E-state index contributed by atoms with van der Waals surface area (Å²) in [5.41, 5.74) is 5.44. The van der Waals surface area contributed by atoms with Crippen LogP contribution in [0, 0.1) is 24.4 Å². The van der Waals surface area contributed by atoms with Gasteiger partial charge in [-0.2, -0.15) is 0 Å². The SMILES string of the molecule is CCc1nc2c(C)cc(C)nc2n1C1CCC=c2c1c[nH]c2=c1ccccc1=C1N=NN=N1. The van der Waals surface area contributed by atoms with Gasteiger partial charge in [0, 0.05) is 34.0 Å². The van der Waals surface area contributed by atoms with E-state index in [1.807, 2.05) is 18.2 Å². The van der Waals surface area contributed by atoms with Crippen LogP contribution in [0.4, 0.5) is 0 Å². The lowest BCUT2D eigenvalue weighted by Gasteiger charge is -2.23. The first-order valence-corrected chi connectivity index (χ1v) is 11.3. The second-order valence-corrected chi connectivity index (χ2v) is 8.58. The Hall–Kier alpha value is -3.94. The predicted molar refractivity (Wildman–Crippen MR) is 125 cm³/mol. The van der Waals surface area contributed by atoms with Crippen molar-refractivity contribution in [1.82, 2.24) is 19.5 Å². The maximum absolute atomic E-state index is 4.98. The van der Waals surface area contributed by atoms with Crippen molar-refractivity contribution < 1.29 is 0 Å². The van der Waals surface area contributed by atoms with Crippen molar-refractivity contribution in [3.8, 4) is 0 Å². The average Bonchev–Trinajstić information content (AvgIpc) is 3.57. The lowest BCUT2D eigenvalue weighted by atomic mass is 9.96. The Labute approximate surface area is 189 Å². The van der Waals surface area contributed by atoms with Crippen molar-refractivity contribution in [1.29, 1.82) is 0 Å². The van der Waals surface area contributed by atoms with Crippen molar-refractivity contribution in [2.24, 2.45) is 20.7 Å². The van der Waals surface area contributed by atoms with Gasteiger partial charge in [-0.15, -0.1) is 10.2 Å². The monoisotopic (exact) mass is 436 g/mol. The number of rotatable bonds is 2. The van der Waals surface area contributed by atoms with E-state index in [1.54, 1.807) is 0 Å². The van der Waals surface area contributed by atoms with Crippen LogP contribution in [0.2, 0.25) is 0 Å². The summed E-state index contributed by atoms with van der Waals surface area (Å²) in [6.45, 7) is 6.33. The molecule has 0 spiro atoms. The van der Waals surface area contributed by atoms with Gasteiger partial charge >= 0.3 is 0 Å². The molecular formula is C25H24N8. The van der Waals surface area contributed by atoms with Gasteiger partial charge in [0.1, 0.15) is 11.3 Å². The number of pyridine rings is 1. The first-order chi connectivity index (χ1) is 16.2.